The lowest BCUT2D eigenvalue weighted by molar-refractivity contribution is -0.115. The van der Waals surface area contributed by atoms with Gasteiger partial charge in [0.1, 0.15) is 0 Å². The first-order valence-corrected chi connectivity index (χ1v) is 8.88. The van der Waals surface area contributed by atoms with Gasteiger partial charge in [0.25, 0.3) is 5.22 Å². The molecule has 2 aromatic carbocycles. The topological polar surface area (TPSA) is 91.8 Å². The van der Waals surface area contributed by atoms with Crippen LogP contribution in [0.15, 0.2) is 58.2 Å². The molecule has 26 heavy (non-hydrogen) atoms. The molecule has 0 spiro atoms. The van der Waals surface area contributed by atoms with Crippen molar-refractivity contribution < 1.29 is 9.21 Å². The Bertz CT molecular complexity index is 966. The zero-order valence-corrected chi connectivity index (χ0v) is 15.2. The van der Waals surface area contributed by atoms with Crippen LogP contribution >= 0.6 is 23.4 Å². The maximum absolute atomic E-state index is 12.3. The molecule has 1 amide bonds. The fraction of sp³-hybridized carbons (Fsp3) is 0.111. The van der Waals surface area contributed by atoms with E-state index in [0.717, 1.165) is 17.3 Å². The molecule has 1 atom stereocenters. The van der Waals surface area contributed by atoms with E-state index in [-0.39, 0.29) is 5.91 Å². The molecule has 0 fully saturated rings. The van der Waals surface area contributed by atoms with Crippen LogP contribution in [0.1, 0.15) is 12.5 Å². The second-order valence-electron chi connectivity index (χ2n) is 5.32. The summed E-state index contributed by atoms with van der Waals surface area (Å²) in [5.41, 5.74) is 1.79. The Hall–Kier alpha value is -2.82. The van der Waals surface area contributed by atoms with Crippen LogP contribution in [0.4, 0.5) is 5.69 Å². The van der Waals surface area contributed by atoms with Gasteiger partial charge in [-0.25, -0.2) is 0 Å². The van der Waals surface area contributed by atoms with Gasteiger partial charge in [0.05, 0.1) is 16.9 Å². The van der Waals surface area contributed by atoms with Gasteiger partial charge in [-0.1, -0.05) is 29.4 Å². The molecular weight excluding hydrogens is 372 g/mol. The number of rotatable bonds is 5. The average molecular weight is 385 g/mol. The molecule has 6 nitrogen and oxygen atoms in total. The number of aromatic nitrogens is 2. The number of nitrogens with one attached hydrogen (secondary N) is 1. The third kappa shape index (κ3) is 4.42. The minimum absolute atomic E-state index is 0.226. The summed E-state index contributed by atoms with van der Waals surface area (Å²) in [5, 5.41) is 20.1. The monoisotopic (exact) mass is 384 g/mol. The molecular formula is C18H13ClN4O2S. The minimum atomic E-state index is -0.459. The van der Waals surface area contributed by atoms with E-state index in [4.69, 9.17) is 21.3 Å². The number of carbonyl (C=O) groups excluding carboxylic acids is 1. The van der Waals surface area contributed by atoms with Crippen LogP contribution < -0.4 is 5.32 Å². The van der Waals surface area contributed by atoms with Gasteiger partial charge in [0.2, 0.25) is 11.8 Å². The molecule has 0 radical (unpaired) electrons. The second-order valence-corrected chi connectivity index (χ2v) is 7.05. The smallest absolute Gasteiger partial charge is 0.277 e. The van der Waals surface area contributed by atoms with Gasteiger partial charge in [0, 0.05) is 16.3 Å². The van der Waals surface area contributed by atoms with Gasteiger partial charge < -0.3 is 9.73 Å². The Morgan fingerprint density at radius 2 is 2.04 bits per heavy atom. The number of amides is 1. The van der Waals surface area contributed by atoms with E-state index >= 15 is 0 Å². The number of nitriles is 1. The predicted molar refractivity (Wildman–Crippen MR) is 99.8 cm³/mol. The summed E-state index contributed by atoms with van der Waals surface area (Å²) >= 11 is 7.02. The fourth-order valence-electron chi connectivity index (χ4n) is 2.08. The molecule has 0 unspecified atom stereocenters. The maximum Gasteiger partial charge on any atom is 0.277 e. The standard InChI is InChI=1S/C18H13ClN4O2S/c1-11(16(24)21-15-4-2-3-12(9-15)10-20)26-18-23-22-17(25-18)13-5-7-14(19)8-6-13/h2-9,11H,1H3,(H,21,24)/t11-/m1/s1. The van der Waals surface area contributed by atoms with Crippen LogP contribution in [-0.2, 0) is 4.79 Å². The molecule has 0 saturated heterocycles. The van der Waals surface area contributed by atoms with Crippen molar-refractivity contribution in [2.24, 2.45) is 0 Å². The second kappa shape index (κ2) is 8.04. The summed E-state index contributed by atoms with van der Waals surface area (Å²) in [7, 11) is 0. The van der Waals surface area contributed by atoms with E-state index < -0.39 is 5.25 Å². The molecule has 3 aromatic rings. The van der Waals surface area contributed by atoms with Gasteiger partial charge in [-0.05, 0) is 49.4 Å². The van der Waals surface area contributed by atoms with Crippen molar-refractivity contribution in [3.63, 3.8) is 0 Å². The van der Waals surface area contributed by atoms with E-state index in [1.807, 2.05) is 6.07 Å². The Labute approximate surface area is 159 Å². The fourth-order valence-corrected chi connectivity index (χ4v) is 2.89. The lowest BCUT2D eigenvalue weighted by atomic mass is 10.2. The van der Waals surface area contributed by atoms with E-state index in [9.17, 15) is 4.79 Å². The van der Waals surface area contributed by atoms with Crippen molar-refractivity contribution in [2.75, 3.05) is 5.32 Å². The molecule has 0 aliphatic rings. The molecule has 1 aromatic heterocycles. The number of thioether (sulfide) groups is 1. The van der Waals surface area contributed by atoms with Crippen molar-refractivity contribution in [1.29, 1.82) is 5.26 Å². The molecule has 130 valence electrons. The molecule has 0 aliphatic heterocycles. The van der Waals surface area contributed by atoms with E-state index in [2.05, 4.69) is 15.5 Å². The molecule has 0 aliphatic carbocycles. The summed E-state index contributed by atoms with van der Waals surface area (Å²) in [6, 6.07) is 15.8. The van der Waals surface area contributed by atoms with E-state index in [1.54, 1.807) is 55.5 Å². The van der Waals surface area contributed by atoms with Crippen molar-refractivity contribution in [2.45, 2.75) is 17.4 Å². The lowest BCUT2D eigenvalue weighted by Crippen LogP contribution is -2.22. The first-order valence-electron chi connectivity index (χ1n) is 7.62. The van der Waals surface area contributed by atoms with Gasteiger partial charge in [-0.15, -0.1) is 10.2 Å². The number of carbonyl (C=O) groups is 1. The van der Waals surface area contributed by atoms with Gasteiger partial charge >= 0.3 is 0 Å². The van der Waals surface area contributed by atoms with Crippen LogP contribution in [-0.4, -0.2) is 21.4 Å². The normalized spacial score (nSPS) is 11.6. The van der Waals surface area contributed by atoms with Gasteiger partial charge in [-0.3, -0.25) is 4.79 Å². The summed E-state index contributed by atoms with van der Waals surface area (Å²) in [4.78, 5) is 12.3. The van der Waals surface area contributed by atoms with Crippen LogP contribution in [0.25, 0.3) is 11.5 Å². The number of hydrogen-bond acceptors (Lipinski definition) is 6. The minimum Gasteiger partial charge on any atom is -0.411 e. The summed E-state index contributed by atoms with van der Waals surface area (Å²) in [6.45, 7) is 1.74. The Kier molecular flexibility index (Phi) is 5.56. The van der Waals surface area contributed by atoms with Crippen LogP contribution in [0, 0.1) is 11.3 Å². The molecule has 8 heteroatoms. The van der Waals surface area contributed by atoms with Gasteiger partial charge in [0.15, 0.2) is 0 Å². The Morgan fingerprint density at radius 1 is 1.27 bits per heavy atom. The van der Waals surface area contributed by atoms with Crippen molar-refractivity contribution in [1.82, 2.24) is 10.2 Å². The lowest BCUT2D eigenvalue weighted by Gasteiger charge is -2.09. The van der Waals surface area contributed by atoms with Crippen molar-refractivity contribution in [3.8, 4) is 17.5 Å². The zero-order chi connectivity index (χ0) is 18.5. The number of nitrogens with zero attached hydrogens (tertiary/aromatic N) is 3. The third-order valence-corrected chi connectivity index (χ3v) is 4.59. The van der Waals surface area contributed by atoms with Crippen LogP contribution in [0.2, 0.25) is 5.02 Å². The highest BCUT2D eigenvalue weighted by Crippen LogP contribution is 2.27. The largest absolute Gasteiger partial charge is 0.411 e. The van der Waals surface area contributed by atoms with Gasteiger partial charge in [-0.2, -0.15) is 5.26 Å². The molecule has 1 heterocycles. The third-order valence-electron chi connectivity index (χ3n) is 3.40. The number of halogens is 1. The van der Waals surface area contributed by atoms with Crippen molar-refractivity contribution in [3.05, 3.63) is 59.1 Å². The summed E-state index contributed by atoms with van der Waals surface area (Å²) in [6.07, 6.45) is 0. The summed E-state index contributed by atoms with van der Waals surface area (Å²) < 4.78 is 5.59. The summed E-state index contributed by atoms with van der Waals surface area (Å²) in [5.74, 6) is 0.134. The molecule has 0 saturated carbocycles. The number of anilines is 1. The van der Waals surface area contributed by atoms with Crippen LogP contribution in [0.3, 0.4) is 0 Å². The number of hydrogen-bond donors (Lipinski definition) is 1. The number of benzene rings is 2. The first kappa shape index (κ1) is 18.0. The highest BCUT2D eigenvalue weighted by molar-refractivity contribution is 8.00. The van der Waals surface area contributed by atoms with Crippen LogP contribution in [0.5, 0.6) is 0 Å². The average Bonchev–Trinajstić information content (AvgIpc) is 3.11. The highest BCUT2D eigenvalue weighted by atomic mass is 35.5. The molecule has 0 bridgehead atoms. The predicted octanol–water partition coefficient (Wildman–Crippen LogP) is 4.38. The van der Waals surface area contributed by atoms with Crippen molar-refractivity contribution >= 4 is 35.0 Å². The Balaban J connectivity index is 1.64. The highest BCUT2D eigenvalue weighted by Gasteiger charge is 2.19. The zero-order valence-electron chi connectivity index (χ0n) is 13.6. The Morgan fingerprint density at radius 3 is 2.77 bits per heavy atom. The molecule has 3 rings (SSSR count). The quantitative estimate of drug-likeness (QED) is 0.656. The maximum atomic E-state index is 12.3. The van der Waals surface area contributed by atoms with E-state index in [0.29, 0.717) is 27.4 Å². The first-order chi connectivity index (χ1) is 12.5. The molecule has 1 N–H and O–H groups in total. The van der Waals surface area contributed by atoms with E-state index in [1.165, 1.54) is 0 Å². The SMILES string of the molecule is C[C@@H](Sc1nnc(-c2ccc(Cl)cc2)o1)C(=O)Nc1cccc(C#N)c1.